The molecule has 5 aliphatic carbocycles. The smallest absolute Gasteiger partial charge is 0.252 e. The number of fused-ring (bicyclic) bond motifs is 8. The molecule has 280 valence electrons. The number of nitrogens with zero attached hydrogens (tertiary/aromatic N) is 3. The molecule has 52 heavy (non-hydrogen) atoms. The number of methoxy groups -OCH3 is 2. The monoisotopic (exact) mass is 712 g/mol. The maximum absolute atomic E-state index is 14.0. The minimum Gasteiger partial charge on any atom is -0.498 e. The summed E-state index contributed by atoms with van der Waals surface area (Å²) >= 11 is 0. The molecule has 1 N–H and O–H groups in total. The van der Waals surface area contributed by atoms with Crippen LogP contribution in [0.3, 0.4) is 0 Å². The first-order chi connectivity index (χ1) is 25.5. The fraction of sp³-hybridized carbons (Fsp3) is 0.690. The van der Waals surface area contributed by atoms with E-state index in [-0.39, 0.29) is 47.9 Å². The number of carbonyl (C=O) groups is 2. The zero-order valence-corrected chi connectivity index (χ0v) is 31.0. The number of aliphatic imine (C=N–C) groups is 1. The Balaban J connectivity index is 0.817. The van der Waals surface area contributed by atoms with Crippen molar-refractivity contribution in [2.24, 2.45) is 28.7 Å². The van der Waals surface area contributed by atoms with Gasteiger partial charge < -0.3 is 34.1 Å². The van der Waals surface area contributed by atoms with Gasteiger partial charge in [-0.2, -0.15) is 0 Å². The summed E-state index contributed by atoms with van der Waals surface area (Å²) in [6.45, 7) is 1.91. The van der Waals surface area contributed by atoms with Crippen LogP contribution in [0.1, 0.15) is 89.9 Å². The first-order valence-corrected chi connectivity index (χ1v) is 20.3. The van der Waals surface area contributed by atoms with Gasteiger partial charge in [0.25, 0.3) is 5.91 Å². The van der Waals surface area contributed by atoms with E-state index in [2.05, 4.69) is 39.6 Å². The van der Waals surface area contributed by atoms with Crippen molar-refractivity contribution in [1.82, 2.24) is 15.1 Å². The Labute approximate surface area is 308 Å². The number of rotatable bonds is 8. The van der Waals surface area contributed by atoms with Crippen molar-refractivity contribution in [1.29, 1.82) is 0 Å². The highest BCUT2D eigenvalue weighted by Gasteiger charge is 2.50. The summed E-state index contributed by atoms with van der Waals surface area (Å²) in [5, 5.41) is 3.72. The van der Waals surface area contributed by atoms with Gasteiger partial charge in [-0.15, -0.1) is 0 Å². The van der Waals surface area contributed by atoms with Gasteiger partial charge in [-0.25, -0.2) is 0 Å². The van der Waals surface area contributed by atoms with E-state index in [1.54, 1.807) is 14.2 Å². The Morgan fingerprint density at radius 3 is 2.67 bits per heavy atom. The topological polar surface area (TPSA) is 102 Å². The lowest BCUT2D eigenvalue weighted by Crippen LogP contribution is -2.47. The van der Waals surface area contributed by atoms with E-state index >= 15 is 0 Å². The third-order valence-corrected chi connectivity index (χ3v) is 13.9. The van der Waals surface area contributed by atoms with Gasteiger partial charge in [0.2, 0.25) is 5.91 Å². The van der Waals surface area contributed by atoms with Crippen LogP contribution in [0, 0.1) is 23.7 Å². The van der Waals surface area contributed by atoms with Crippen LogP contribution in [0.4, 0.5) is 0 Å². The summed E-state index contributed by atoms with van der Waals surface area (Å²) in [5.41, 5.74) is 2.06. The van der Waals surface area contributed by atoms with Crippen molar-refractivity contribution in [3.63, 3.8) is 0 Å². The van der Waals surface area contributed by atoms with Gasteiger partial charge >= 0.3 is 0 Å². The molecular formula is C42H56N4O6. The lowest BCUT2D eigenvalue weighted by Gasteiger charge is -2.37. The van der Waals surface area contributed by atoms with Crippen LogP contribution in [0.2, 0.25) is 0 Å². The average molecular weight is 713 g/mol. The Bertz CT molecular complexity index is 1630. The van der Waals surface area contributed by atoms with Gasteiger partial charge in [0.15, 0.2) is 5.76 Å². The number of allylic oxidation sites excluding steroid dienone is 4. The van der Waals surface area contributed by atoms with Crippen molar-refractivity contribution >= 4 is 18.0 Å². The first kappa shape index (κ1) is 34.3. The minimum atomic E-state index is -0.179. The Morgan fingerprint density at radius 1 is 0.885 bits per heavy atom. The molecule has 0 aromatic heterocycles. The van der Waals surface area contributed by atoms with Crippen molar-refractivity contribution in [3.05, 3.63) is 58.5 Å². The van der Waals surface area contributed by atoms with Crippen molar-refractivity contribution < 1.29 is 28.5 Å². The van der Waals surface area contributed by atoms with Gasteiger partial charge in [0.05, 0.1) is 44.9 Å². The second-order valence-electron chi connectivity index (χ2n) is 16.8. The number of hydrogen-bond donors (Lipinski definition) is 1. The van der Waals surface area contributed by atoms with Gasteiger partial charge in [0.1, 0.15) is 23.9 Å². The highest BCUT2D eigenvalue weighted by Crippen LogP contribution is 2.45. The van der Waals surface area contributed by atoms with Crippen LogP contribution in [0.25, 0.3) is 0 Å². The van der Waals surface area contributed by atoms with Gasteiger partial charge in [-0.3, -0.25) is 14.6 Å². The standard InChI is InChI=1S/C42H56N4O6/c1-49-37-17-31-33(43-21-29-15-27-10-3-5-12-35(27)45(29)41(31)47)19-39(37)51-23-25-8-7-9-26(14-25)24-52-40-20-34-32(18-38(40)50-2)42(48)46-30(22-44-34)16-28-11-4-6-13-36(28)46/h5,9,12,17,22,25,27-30,32-36,43H,3-4,6-8,10-11,13-16,18-21,23-24H2,1-2H3/t25-,27-,28?,29-,30-,32-,33-,34+,35?,36+/m0/s1. The Morgan fingerprint density at radius 2 is 1.79 bits per heavy atom. The lowest BCUT2D eigenvalue weighted by atomic mass is 9.83. The molecule has 1 saturated carbocycles. The molecule has 10 heteroatoms. The second-order valence-corrected chi connectivity index (χ2v) is 16.8. The zero-order chi connectivity index (χ0) is 35.3. The molecule has 0 aromatic carbocycles. The number of carbonyl (C=O) groups excluding carboxylic acids is 2. The average Bonchev–Trinajstić information content (AvgIpc) is 3.67. The van der Waals surface area contributed by atoms with E-state index in [9.17, 15) is 9.59 Å². The van der Waals surface area contributed by atoms with Gasteiger partial charge in [0, 0.05) is 55.7 Å². The van der Waals surface area contributed by atoms with E-state index in [1.807, 2.05) is 6.08 Å². The Hall–Kier alpha value is -3.53. The van der Waals surface area contributed by atoms with Crippen LogP contribution >= 0.6 is 0 Å². The molecule has 2 amide bonds. The van der Waals surface area contributed by atoms with Crippen molar-refractivity contribution in [2.75, 3.05) is 34.0 Å². The summed E-state index contributed by atoms with van der Waals surface area (Å²) in [6.07, 6.45) is 24.8. The van der Waals surface area contributed by atoms with Crippen LogP contribution in [0.5, 0.6) is 0 Å². The quantitative estimate of drug-likeness (QED) is 0.322. The number of hydrogen-bond acceptors (Lipinski definition) is 8. The Kier molecular flexibility index (Phi) is 9.46. The fourth-order valence-corrected chi connectivity index (χ4v) is 11.2. The summed E-state index contributed by atoms with van der Waals surface area (Å²) in [6, 6.07) is 0.794. The third kappa shape index (κ3) is 6.20. The fourth-order valence-electron chi connectivity index (χ4n) is 11.2. The third-order valence-electron chi connectivity index (χ3n) is 13.9. The second kappa shape index (κ2) is 14.4. The molecule has 0 spiro atoms. The molecule has 9 rings (SSSR count). The molecule has 0 radical (unpaired) electrons. The van der Waals surface area contributed by atoms with Gasteiger partial charge in [-0.05, 0) is 87.2 Å². The molecule has 2 unspecified atom stereocenters. The maximum atomic E-state index is 14.0. The molecule has 4 heterocycles. The highest BCUT2D eigenvalue weighted by atomic mass is 16.5. The molecule has 10 nitrogen and oxygen atoms in total. The molecule has 0 aromatic rings. The minimum absolute atomic E-state index is 0.0689. The largest absolute Gasteiger partial charge is 0.498 e. The summed E-state index contributed by atoms with van der Waals surface area (Å²) in [7, 11) is 3.37. The van der Waals surface area contributed by atoms with Crippen molar-refractivity contribution in [2.45, 2.75) is 126 Å². The van der Waals surface area contributed by atoms with E-state index in [0.717, 1.165) is 74.3 Å². The number of ether oxygens (including phenoxy) is 4. The normalized spacial score (nSPS) is 38.2. The first-order valence-electron chi connectivity index (χ1n) is 20.3. The lowest BCUT2D eigenvalue weighted by molar-refractivity contribution is -0.139. The van der Waals surface area contributed by atoms with Crippen LogP contribution in [-0.4, -0.2) is 98.1 Å². The number of amides is 2. The summed E-state index contributed by atoms with van der Waals surface area (Å²) < 4.78 is 24.8. The molecule has 10 atom stereocenters. The van der Waals surface area contributed by atoms with Gasteiger partial charge in [-0.1, -0.05) is 31.1 Å². The van der Waals surface area contributed by atoms with Crippen LogP contribution in [-0.2, 0) is 28.5 Å². The summed E-state index contributed by atoms with van der Waals surface area (Å²) in [5.74, 6) is 4.90. The molecular weight excluding hydrogens is 656 g/mol. The molecule has 4 fully saturated rings. The van der Waals surface area contributed by atoms with Crippen LogP contribution < -0.4 is 5.32 Å². The van der Waals surface area contributed by atoms with Crippen molar-refractivity contribution in [3.8, 4) is 0 Å². The highest BCUT2D eigenvalue weighted by molar-refractivity contribution is 5.96. The predicted octanol–water partition coefficient (Wildman–Crippen LogP) is 5.72. The molecule has 0 bridgehead atoms. The zero-order valence-electron chi connectivity index (χ0n) is 31.0. The number of nitrogens with one attached hydrogen (secondary N) is 1. The molecule has 3 saturated heterocycles. The van der Waals surface area contributed by atoms with E-state index in [1.165, 1.54) is 31.3 Å². The molecule has 9 aliphatic rings. The van der Waals surface area contributed by atoms with E-state index in [0.29, 0.717) is 62.0 Å². The predicted molar refractivity (Wildman–Crippen MR) is 197 cm³/mol. The van der Waals surface area contributed by atoms with E-state index in [4.69, 9.17) is 23.9 Å². The van der Waals surface area contributed by atoms with E-state index < -0.39 is 0 Å². The molecule has 4 aliphatic heterocycles. The summed E-state index contributed by atoms with van der Waals surface area (Å²) in [4.78, 5) is 37.3. The van der Waals surface area contributed by atoms with Crippen LogP contribution in [0.15, 0.2) is 63.5 Å². The SMILES string of the molecule is COC1=C(OC[C@H]2CCC=C(COC3=C(OC)C[C@@H]4C(=O)N5[C@H](C=N[C@@H]4C3)CC3CCCC[C@H]35)C2)C[C@@H]2NC[C@@H]3C[C@@H]4CCC=CC4N3C(=O)C2=C1. The maximum Gasteiger partial charge on any atom is 0.252 e.